The van der Waals surface area contributed by atoms with E-state index in [0.29, 0.717) is 0 Å². The number of hydrogen-bond donors (Lipinski definition) is 0. The second-order valence-corrected chi connectivity index (χ2v) is 4.28. The zero-order valence-electron chi connectivity index (χ0n) is 8.42. The Morgan fingerprint density at radius 1 is 1.25 bits per heavy atom. The quantitative estimate of drug-likeness (QED) is 0.584. The highest BCUT2D eigenvalue weighted by Crippen LogP contribution is 2.29. The SMILES string of the molecule is C=CC1CCC(CN(C)C)CC1. The summed E-state index contributed by atoms with van der Waals surface area (Å²) in [6.07, 6.45) is 7.65. The fourth-order valence-corrected chi connectivity index (χ4v) is 2.12. The van der Waals surface area contributed by atoms with Gasteiger partial charge < -0.3 is 4.90 Å². The predicted molar refractivity (Wildman–Crippen MR) is 54.2 cm³/mol. The molecule has 70 valence electrons. The molecule has 0 N–H and O–H groups in total. The van der Waals surface area contributed by atoms with Gasteiger partial charge in [-0.05, 0) is 51.6 Å². The Bertz CT molecular complexity index is 132. The van der Waals surface area contributed by atoms with Crippen LogP contribution in [0.15, 0.2) is 12.7 Å². The Morgan fingerprint density at radius 2 is 1.83 bits per heavy atom. The average Bonchev–Trinajstić information content (AvgIpc) is 2.05. The van der Waals surface area contributed by atoms with E-state index in [-0.39, 0.29) is 0 Å². The lowest BCUT2D eigenvalue weighted by atomic mass is 9.82. The van der Waals surface area contributed by atoms with Crippen LogP contribution in [0.25, 0.3) is 0 Å². The van der Waals surface area contributed by atoms with Crippen molar-refractivity contribution < 1.29 is 0 Å². The highest BCUT2D eigenvalue weighted by atomic mass is 15.1. The van der Waals surface area contributed by atoms with E-state index in [4.69, 9.17) is 0 Å². The van der Waals surface area contributed by atoms with E-state index in [1.807, 2.05) is 0 Å². The molecule has 0 atom stereocenters. The molecule has 1 heteroatoms. The largest absolute Gasteiger partial charge is 0.309 e. The Hall–Kier alpha value is -0.300. The van der Waals surface area contributed by atoms with Crippen molar-refractivity contribution in [1.82, 2.24) is 4.90 Å². The molecule has 1 aliphatic rings. The van der Waals surface area contributed by atoms with E-state index < -0.39 is 0 Å². The van der Waals surface area contributed by atoms with Crippen LogP contribution in [0, 0.1) is 11.8 Å². The zero-order valence-corrected chi connectivity index (χ0v) is 8.42. The molecule has 0 aromatic heterocycles. The highest BCUT2D eigenvalue weighted by molar-refractivity contribution is 4.84. The zero-order chi connectivity index (χ0) is 8.97. The topological polar surface area (TPSA) is 3.24 Å². The second kappa shape index (κ2) is 4.66. The summed E-state index contributed by atoms with van der Waals surface area (Å²) in [6, 6.07) is 0. The maximum atomic E-state index is 3.86. The third-order valence-corrected chi connectivity index (χ3v) is 2.85. The first-order valence-electron chi connectivity index (χ1n) is 4.99. The summed E-state index contributed by atoms with van der Waals surface area (Å²) in [5.74, 6) is 1.75. The van der Waals surface area contributed by atoms with Gasteiger partial charge in [-0.25, -0.2) is 0 Å². The van der Waals surface area contributed by atoms with Gasteiger partial charge in [-0.1, -0.05) is 6.08 Å². The van der Waals surface area contributed by atoms with Crippen molar-refractivity contribution >= 4 is 0 Å². The number of nitrogens with zero attached hydrogens (tertiary/aromatic N) is 1. The minimum absolute atomic E-state index is 0.809. The van der Waals surface area contributed by atoms with Gasteiger partial charge in [0, 0.05) is 6.54 Å². The van der Waals surface area contributed by atoms with Crippen molar-refractivity contribution in [2.75, 3.05) is 20.6 Å². The third-order valence-electron chi connectivity index (χ3n) is 2.85. The van der Waals surface area contributed by atoms with E-state index in [2.05, 4.69) is 31.7 Å². The number of hydrogen-bond acceptors (Lipinski definition) is 1. The first-order chi connectivity index (χ1) is 5.72. The van der Waals surface area contributed by atoms with Crippen LogP contribution in [0.5, 0.6) is 0 Å². The molecule has 1 fully saturated rings. The number of rotatable bonds is 3. The van der Waals surface area contributed by atoms with Gasteiger partial charge >= 0.3 is 0 Å². The summed E-state index contributed by atoms with van der Waals surface area (Å²) in [6.45, 7) is 5.13. The van der Waals surface area contributed by atoms with Crippen LogP contribution in [0.3, 0.4) is 0 Å². The molecular formula is C11H21N. The molecule has 12 heavy (non-hydrogen) atoms. The van der Waals surface area contributed by atoms with E-state index >= 15 is 0 Å². The Kier molecular flexibility index (Phi) is 3.80. The number of allylic oxidation sites excluding steroid dienone is 1. The van der Waals surface area contributed by atoms with Crippen molar-refractivity contribution in [2.45, 2.75) is 25.7 Å². The predicted octanol–water partition coefficient (Wildman–Crippen LogP) is 2.54. The fraction of sp³-hybridized carbons (Fsp3) is 0.818. The minimum atomic E-state index is 0.809. The molecule has 0 spiro atoms. The first kappa shape index (κ1) is 9.79. The lowest BCUT2D eigenvalue weighted by Gasteiger charge is -2.28. The molecule has 1 rings (SSSR count). The summed E-state index contributed by atoms with van der Waals surface area (Å²) < 4.78 is 0. The van der Waals surface area contributed by atoms with E-state index in [0.717, 1.165) is 11.8 Å². The maximum Gasteiger partial charge on any atom is 0.000356 e. The summed E-state index contributed by atoms with van der Waals surface area (Å²) in [5.41, 5.74) is 0. The first-order valence-corrected chi connectivity index (χ1v) is 4.99. The van der Waals surface area contributed by atoms with Gasteiger partial charge in [0.05, 0.1) is 0 Å². The Morgan fingerprint density at radius 3 is 2.25 bits per heavy atom. The van der Waals surface area contributed by atoms with E-state index in [1.54, 1.807) is 0 Å². The third kappa shape index (κ3) is 2.98. The van der Waals surface area contributed by atoms with Crippen LogP contribution < -0.4 is 0 Å². The molecule has 0 saturated heterocycles. The summed E-state index contributed by atoms with van der Waals surface area (Å²) >= 11 is 0. The highest BCUT2D eigenvalue weighted by Gasteiger charge is 2.19. The minimum Gasteiger partial charge on any atom is -0.309 e. The van der Waals surface area contributed by atoms with Crippen LogP contribution in [0.2, 0.25) is 0 Å². The van der Waals surface area contributed by atoms with Gasteiger partial charge in [0.2, 0.25) is 0 Å². The van der Waals surface area contributed by atoms with Crippen molar-refractivity contribution in [3.05, 3.63) is 12.7 Å². The molecule has 1 saturated carbocycles. The molecule has 0 amide bonds. The van der Waals surface area contributed by atoms with Crippen LogP contribution in [-0.4, -0.2) is 25.5 Å². The van der Waals surface area contributed by atoms with Crippen molar-refractivity contribution in [2.24, 2.45) is 11.8 Å². The van der Waals surface area contributed by atoms with Crippen LogP contribution in [0.1, 0.15) is 25.7 Å². The maximum absolute atomic E-state index is 3.86. The lowest BCUT2D eigenvalue weighted by molar-refractivity contribution is 0.242. The lowest BCUT2D eigenvalue weighted by Crippen LogP contribution is -2.25. The molecule has 0 aliphatic heterocycles. The van der Waals surface area contributed by atoms with Gasteiger partial charge in [0.25, 0.3) is 0 Å². The van der Waals surface area contributed by atoms with Gasteiger partial charge in [0.15, 0.2) is 0 Å². The van der Waals surface area contributed by atoms with Crippen LogP contribution in [0.4, 0.5) is 0 Å². The molecule has 0 bridgehead atoms. The normalized spacial score (nSPS) is 30.6. The molecule has 0 aromatic carbocycles. The van der Waals surface area contributed by atoms with Gasteiger partial charge in [-0.2, -0.15) is 0 Å². The standard InChI is InChI=1S/C11H21N/c1-4-10-5-7-11(8-6-10)9-12(2)3/h4,10-11H,1,5-9H2,2-3H3. The van der Waals surface area contributed by atoms with E-state index in [9.17, 15) is 0 Å². The van der Waals surface area contributed by atoms with Gasteiger partial charge in [-0.15, -0.1) is 6.58 Å². The summed E-state index contributed by atoms with van der Waals surface area (Å²) in [4.78, 5) is 2.30. The molecule has 0 aromatic rings. The molecule has 1 nitrogen and oxygen atoms in total. The van der Waals surface area contributed by atoms with Crippen molar-refractivity contribution in [3.63, 3.8) is 0 Å². The van der Waals surface area contributed by atoms with E-state index in [1.165, 1.54) is 32.2 Å². The smallest absolute Gasteiger partial charge is 0.000356 e. The van der Waals surface area contributed by atoms with Gasteiger partial charge in [-0.3, -0.25) is 0 Å². The average molecular weight is 167 g/mol. The molecule has 0 radical (unpaired) electrons. The Labute approximate surface area is 76.5 Å². The molecule has 0 unspecified atom stereocenters. The second-order valence-electron chi connectivity index (χ2n) is 4.28. The summed E-state index contributed by atoms with van der Waals surface area (Å²) in [5, 5.41) is 0. The Balaban J connectivity index is 2.21. The molecule has 1 aliphatic carbocycles. The van der Waals surface area contributed by atoms with Crippen LogP contribution >= 0.6 is 0 Å². The molecule has 0 heterocycles. The molecular weight excluding hydrogens is 146 g/mol. The monoisotopic (exact) mass is 167 g/mol. The van der Waals surface area contributed by atoms with Crippen molar-refractivity contribution in [3.8, 4) is 0 Å². The fourth-order valence-electron chi connectivity index (χ4n) is 2.12. The van der Waals surface area contributed by atoms with Gasteiger partial charge in [0.1, 0.15) is 0 Å². The summed E-state index contributed by atoms with van der Waals surface area (Å²) in [7, 11) is 4.33. The van der Waals surface area contributed by atoms with Crippen LogP contribution in [-0.2, 0) is 0 Å². The van der Waals surface area contributed by atoms with Crippen molar-refractivity contribution in [1.29, 1.82) is 0 Å².